The van der Waals surface area contributed by atoms with E-state index in [4.69, 9.17) is 9.47 Å². The Balaban J connectivity index is 1.57. The minimum Gasteiger partial charge on any atom is -0.486 e. The number of hydrogen-bond acceptors (Lipinski definition) is 5. The lowest BCUT2D eigenvalue weighted by atomic mass is 10.2. The molecule has 2 aromatic rings. The Kier molecular flexibility index (Phi) is 5.18. The number of carbonyl (C=O) groups is 1. The zero-order valence-corrected chi connectivity index (χ0v) is 16.7. The van der Waals surface area contributed by atoms with Crippen LogP contribution in [-0.2, 0) is 14.8 Å². The molecule has 2 aliphatic rings. The summed E-state index contributed by atoms with van der Waals surface area (Å²) in [6.07, 6.45) is 0.904. The summed E-state index contributed by atoms with van der Waals surface area (Å²) in [5.41, 5.74) is 0.758. The number of sulfonamides is 1. The van der Waals surface area contributed by atoms with Crippen molar-refractivity contribution in [2.24, 2.45) is 0 Å². The number of rotatable bonds is 4. The summed E-state index contributed by atoms with van der Waals surface area (Å²) >= 11 is 0. The van der Waals surface area contributed by atoms with Crippen molar-refractivity contribution in [2.45, 2.75) is 30.7 Å². The molecule has 0 spiro atoms. The van der Waals surface area contributed by atoms with Gasteiger partial charge in [0.1, 0.15) is 25.1 Å². The van der Waals surface area contributed by atoms with Crippen LogP contribution in [0.15, 0.2) is 41.3 Å². The molecule has 1 unspecified atom stereocenters. The molecule has 1 N–H and O–H groups in total. The first-order valence-corrected chi connectivity index (χ1v) is 10.8. The number of carbonyl (C=O) groups excluding carboxylic acids is 1. The summed E-state index contributed by atoms with van der Waals surface area (Å²) in [4.78, 5) is 12.8. The third-order valence-electron chi connectivity index (χ3n) is 5.01. The third-order valence-corrected chi connectivity index (χ3v) is 6.91. The molecule has 154 valence electrons. The van der Waals surface area contributed by atoms with Crippen LogP contribution in [0.3, 0.4) is 0 Å². The van der Waals surface area contributed by atoms with Crippen LogP contribution in [0, 0.1) is 12.7 Å². The average Bonchev–Trinajstić information content (AvgIpc) is 3.20. The van der Waals surface area contributed by atoms with E-state index in [0.29, 0.717) is 37.6 Å². The molecule has 1 saturated heterocycles. The largest absolute Gasteiger partial charge is 0.486 e. The maximum Gasteiger partial charge on any atom is 0.243 e. The van der Waals surface area contributed by atoms with Crippen LogP contribution in [0.1, 0.15) is 18.4 Å². The molecular formula is C20H21FN2O5S. The predicted molar refractivity (Wildman–Crippen MR) is 104 cm³/mol. The average molecular weight is 420 g/mol. The van der Waals surface area contributed by atoms with Gasteiger partial charge in [-0.2, -0.15) is 4.31 Å². The van der Waals surface area contributed by atoms with Gasteiger partial charge in [0.25, 0.3) is 0 Å². The second-order valence-electron chi connectivity index (χ2n) is 7.05. The van der Waals surface area contributed by atoms with Gasteiger partial charge >= 0.3 is 0 Å². The van der Waals surface area contributed by atoms with Crippen molar-refractivity contribution in [2.75, 3.05) is 25.1 Å². The number of nitrogens with zero attached hydrogens (tertiary/aromatic N) is 1. The lowest BCUT2D eigenvalue weighted by Gasteiger charge is -2.24. The molecule has 7 nitrogen and oxygen atoms in total. The van der Waals surface area contributed by atoms with Gasteiger partial charge in [-0.3, -0.25) is 4.79 Å². The van der Waals surface area contributed by atoms with Crippen LogP contribution in [0.5, 0.6) is 11.5 Å². The van der Waals surface area contributed by atoms with Crippen molar-refractivity contribution in [1.29, 1.82) is 0 Å². The highest BCUT2D eigenvalue weighted by atomic mass is 32.2. The van der Waals surface area contributed by atoms with Crippen molar-refractivity contribution in [3.05, 3.63) is 47.8 Å². The molecule has 4 rings (SSSR count). The number of amides is 1. The smallest absolute Gasteiger partial charge is 0.243 e. The summed E-state index contributed by atoms with van der Waals surface area (Å²) < 4.78 is 52.5. The second kappa shape index (κ2) is 7.64. The fraction of sp³-hybridized carbons (Fsp3) is 0.350. The van der Waals surface area contributed by atoms with E-state index in [1.165, 1.54) is 28.6 Å². The monoisotopic (exact) mass is 420 g/mol. The highest BCUT2D eigenvalue weighted by Gasteiger charge is 2.40. The van der Waals surface area contributed by atoms with Gasteiger partial charge in [0, 0.05) is 12.6 Å². The summed E-state index contributed by atoms with van der Waals surface area (Å²) in [7, 11) is -3.93. The van der Waals surface area contributed by atoms with Crippen LogP contribution in [-0.4, -0.2) is 44.4 Å². The van der Waals surface area contributed by atoms with Crippen LogP contribution >= 0.6 is 0 Å². The van der Waals surface area contributed by atoms with E-state index in [1.54, 1.807) is 19.1 Å². The van der Waals surface area contributed by atoms with E-state index in [9.17, 15) is 17.6 Å². The van der Waals surface area contributed by atoms with Crippen LogP contribution in [0.2, 0.25) is 0 Å². The van der Waals surface area contributed by atoms with E-state index in [1.807, 2.05) is 0 Å². The number of fused-ring (bicyclic) bond motifs is 1. The summed E-state index contributed by atoms with van der Waals surface area (Å²) in [6.45, 7) is 2.70. The Bertz CT molecular complexity index is 1060. The SMILES string of the molecule is Cc1ccc(NC(=O)C2CCCN2S(=O)(=O)c2ccc3c(c2)OCCO3)c(F)c1. The highest BCUT2D eigenvalue weighted by molar-refractivity contribution is 7.89. The zero-order valence-electron chi connectivity index (χ0n) is 15.9. The van der Waals surface area contributed by atoms with E-state index < -0.39 is 27.8 Å². The first-order valence-electron chi connectivity index (χ1n) is 9.35. The molecular weight excluding hydrogens is 399 g/mol. The van der Waals surface area contributed by atoms with Crippen molar-refractivity contribution >= 4 is 21.6 Å². The molecule has 29 heavy (non-hydrogen) atoms. The van der Waals surface area contributed by atoms with Gasteiger partial charge in [-0.15, -0.1) is 0 Å². The number of aryl methyl sites for hydroxylation is 1. The third kappa shape index (κ3) is 3.79. The molecule has 0 aliphatic carbocycles. The van der Waals surface area contributed by atoms with Crippen molar-refractivity contribution in [1.82, 2.24) is 4.31 Å². The zero-order chi connectivity index (χ0) is 20.6. The van der Waals surface area contributed by atoms with E-state index >= 15 is 0 Å². The summed E-state index contributed by atoms with van der Waals surface area (Å²) in [5, 5.41) is 2.52. The van der Waals surface area contributed by atoms with Gasteiger partial charge in [0.2, 0.25) is 15.9 Å². The first-order chi connectivity index (χ1) is 13.9. The second-order valence-corrected chi connectivity index (χ2v) is 8.94. The number of halogens is 1. The van der Waals surface area contributed by atoms with Crippen LogP contribution in [0.4, 0.5) is 10.1 Å². The predicted octanol–water partition coefficient (Wildman–Crippen LogP) is 2.70. The Labute approximate surface area is 168 Å². The fourth-order valence-electron chi connectivity index (χ4n) is 3.55. The molecule has 0 saturated carbocycles. The first kappa shape index (κ1) is 19.7. The Morgan fingerprint density at radius 2 is 1.90 bits per heavy atom. The van der Waals surface area contributed by atoms with E-state index in [2.05, 4.69) is 5.32 Å². The maximum atomic E-state index is 14.1. The van der Waals surface area contributed by atoms with Gasteiger partial charge in [-0.1, -0.05) is 6.07 Å². The van der Waals surface area contributed by atoms with Gasteiger partial charge in [-0.05, 0) is 49.6 Å². The molecule has 2 aromatic carbocycles. The number of hydrogen-bond donors (Lipinski definition) is 1. The van der Waals surface area contributed by atoms with Crippen molar-refractivity contribution in [3.8, 4) is 11.5 Å². The molecule has 2 aliphatic heterocycles. The van der Waals surface area contributed by atoms with Crippen LogP contribution < -0.4 is 14.8 Å². The van der Waals surface area contributed by atoms with E-state index in [-0.39, 0.29) is 17.1 Å². The lowest BCUT2D eigenvalue weighted by Crippen LogP contribution is -2.43. The van der Waals surface area contributed by atoms with Crippen molar-refractivity contribution in [3.63, 3.8) is 0 Å². The molecule has 1 amide bonds. The normalized spacial score (nSPS) is 19.2. The molecule has 9 heteroatoms. The van der Waals surface area contributed by atoms with Crippen molar-refractivity contribution < 1.29 is 27.1 Å². The number of benzene rings is 2. The van der Waals surface area contributed by atoms with E-state index in [0.717, 1.165) is 5.56 Å². The number of anilines is 1. The van der Waals surface area contributed by atoms with Crippen LogP contribution in [0.25, 0.3) is 0 Å². The molecule has 1 atom stereocenters. The topological polar surface area (TPSA) is 84.9 Å². The van der Waals surface area contributed by atoms with Gasteiger partial charge in [-0.25, -0.2) is 12.8 Å². The van der Waals surface area contributed by atoms with Gasteiger partial charge in [0.05, 0.1) is 10.6 Å². The fourth-order valence-corrected chi connectivity index (χ4v) is 5.22. The Morgan fingerprint density at radius 3 is 2.66 bits per heavy atom. The highest BCUT2D eigenvalue weighted by Crippen LogP contribution is 2.35. The number of nitrogens with one attached hydrogen (secondary N) is 1. The summed E-state index contributed by atoms with van der Waals surface area (Å²) in [6, 6.07) is 7.96. The Hall–Kier alpha value is -2.65. The van der Waals surface area contributed by atoms with Gasteiger partial charge in [0.15, 0.2) is 11.5 Å². The minimum absolute atomic E-state index is 0.0305. The van der Waals surface area contributed by atoms with Gasteiger partial charge < -0.3 is 14.8 Å². The molecule has 1 fully saturated rings. The molecule has 0 radical (unpaired) electrons. The maximum absolute atomic E-state index is 14.1. The standard InChI is InChI=1S/C20H21FN2O5S/c1-13-4-6-16(15(21)11-13)22-20(24)17-3-2-8-23(17)29(25,26)14-5-7-18-19(12-14)28-10-9-27-18/h4-7,11-12,17H,2-3,8-10H2,1H3,(H,22,24). The molecule has 2 heterocycles. The number of ether oxygens (including phenoxy) is 2. The Morgan fingerprint density at radius 1 is 1.14 bits per heavy atom. The minimum atomic E-state index is -3.93. The lowest BCUT2D eigenvalue weighted by molar-refractivity contribution is -0.119. The molecule has 0 bridgehead atoms. The molecule has 0 aromatic heterocycles. The summed E-state index contributed by atoms with van der Waals surface area (Å²) in [5.74, 6) is -0.260. The quantitative estimate of drug-likeness (QED) is 0.822.